The van der Waals surface area contributed by atoms with Gasteiger partial charge in [0.15, 0.2) is 11.5 Å². The molecule has 3 aromatic carbocycles. The zero-order valence-electron chi connectivity index (χ0n) is 15.2. The molecule has 0 spiro atoms. The van der Waals surface area contributed by atoms with Crippen LogP contribution in [0.5, 0.6) is 11.5 Å². The van der Waals surface area contributed by atoms with Crippen molar-refractivity contribution < 1.29 is 13.9 Å². The summed E-state index contributed by atoms with van der Waals surface area (Å²) in [7, 11) is 1.56. The van der Waals surface area contributed by atoms with E-state index in [0.717, 1.165) is 15.7 Å². The fourth-order valence-corrected chi connectivity index (χ4v) is 3.84. The van der Waals surface area contributed by atoms with E-state index in [-0.39, 0.29) is 6.61 Å². The van der Waals surface area contributed by atoms with Gasteiger partial charge in [0, 0.05) is 32.3 Å². The van der Waals surface area contributed by atoms with Gasteiger partial charge in [0.25, 0.3) is 0 Å². The number of anilines is 1. The summed E-state index contributed by atoms with van der Waals surface area (Å²) in [6.45, 7) is 0.693. The Hall–Kier alpha value is -1.66. The Balaban J connectivity index is 1.74. The lowest BCUT2D eigenvalue weighted by Gasteiger charge is -2.15. The quantitative estimate of drug-likeness (QED) is 0.346. The molecule has 3 nitrogen and oxygen atoms in total. The molecule has 0 saturated carbocycles. The summed E-state index contributed by atoms with van der Waals surface area (Å²) in [5.74, 6) is 0.707. The van der Waals surface area contributed by atoms with Crippen LogP contribution < -0.4 is 14.8 Å². The van der Waals surface area contributed by atoms with Gasteiger partial charge in [-0.25, -0.2) is 4.39 Å². The van der Waals surface area contributed by atoms with Gasteiger partial charge in [0.05, 0.1) is 12.1 Å². The first-order valence-electron chi connectivity index (χ1n) is 8.49. The van der Waals surface area contributed by atoms with Crippen LogP contribution in [0.3, 0.4) is 0 Å². The van der Waals surface area contributed by atoms with Gasteiger partial charge in [0.2, 0.25) is 0 Å². The van der Waals surface area contributed by atoms with E-state index in [9.17, 15) is 4.39 Å². The highest BCUT2D eigenvalue weighted by atomic mass is 79.9. The number of rotatable bonds is 7. The van der Waals surface area contributed by atoms with Crippen LogP contribution in [0.2, 0.25) is 15.1 Å². The molecule has 0 aliphatic heterocycles. The lowest BCUT2D eigenvalue weighted by molar-refractivity contribution is 0.284. The molecular weight excluding hydrogens is 503 g/mol. The third kappa shape index (κ3) is 5.92. The summed E-state index contributed by atoms with van der Waals surface area (Å²) in [6.07, 6.45) is 0. The summed E-state index contributed by atoms with van der Waals surface area (Å²) in [5, 5.41) is 4.70. The average Bonchev–Trinajstić information content (AvgIpc) is 2.65. The van der Waals surface area contributed by atoms with Gasteiger partial charge >= 0.3 is 0 Å². The fraction of sp³-hybridized carbons (Fsp3) is 0.143. The number of nitrogens with one attached hydrogen (secondary N) is 1. The van der Waals surface area contributed by atoms with E-state index in [1.165, 1.54) is 12.1 Å². The minimum atomic E-state index is -0.392. The van der Waals surface area contributed by atoms with E-state index < -0.39 is 5.82 Å². The Kier molecular flexibility index (Phi) is 7.52. The average molecular weight is 520 g/mol. The zero-order chi connectivity index (χ0) is 21.0. The van der Waals surface area contributed by atoms with Crippen molar-refractivity contribution in [3.63, 3.8) is 0 Å². The van der Waals surface area contributed by atoms with Gasteiger partial charge in [0.1, 0.15) is 12.4 Å². The third-order valence-corrected chi connectivity index (χ3v) is 5.60. The normalized spacial score (nSPS) is 10.7. The summed E-state index contributed by atoms with van der Waals surface area (Å²) >= 11 is 21.7. The number of benzene rings is 3. The first-order chi connectivity index (χ1) is 13.9. The molecule has 0 aliphatic carbocycles. The van der Waals surface area contributed by atoms with E-state index in [1.54, 1.807) is 31.4 Å². The van der Waals surface area contributed by atoms with Gasteiger partial charge in [-0.1, -0.05) is 56.8 Å². The number of ether oxygens (including phenoxy) is 2. The van der Waals surface area contributed by atoms with Crippen LogP contribution in [0.1, 0.15) is 11.1 Å². The third-order valence-electron chi connectivity index (χ3n) is 4.08. The Bertz CT molecular complexity index is 1010. The Morgan fingerprint density at radius 3 is 2.31 bits per heavy atom. The van der Waals surface area contributed by atoms with Crippen LogP contribution in [0, 0.1) is 5.82 Å². The Morgan fingerprint density at radius 1 is 0.931 bits per heavy atom. The van der Waals surface area contributed by atoms with Crippen molar-refractivity contribution in [3.05, 3.63) is 85.0 Å². The van der Waals surface area contributed by atoms with E-state index in [2.05, 4.69) is 21.2 Å². The lowest BCUT2D eigenvalue weighted by Crippen LogP contribution is -2.03. The Morgan fingerprint density at radius 2 is 1.66 bits per heavy atom. The second kappa shape index (κ2) is 9.90. The molecule has 1 N–H and O–H groups in total. The molecule has 0 unspecified atom stereocenters. The van der Waals surface area contributed by atoms with E-state index in [0.29, 0.717) is 38.7 Å². The fourth-order valence-electron chi connectivity index (χ4n) is 2.63. The molecule has 3 aromatic rings. The monoisotopic (exact) mass is 517 g/mol. The maximum atomic E-state index is 13.2. The predicted octanol–water partition coefficient (Wildman–Crippen LogP) is 7.75. The minimum absolute atomic E-state index is 0.181. The summed E-state index contributed by atoms with van der Waals surface area (Å²) < 4.78 is 25.3. The molecule has 0 fully saturated rings. The molecule has 0 heterocycles. The molecule has 0 atom stereocenters. The molecule has 0 aromatic heterocycles. The number of halogens is 5. The largest absolute Gasteiger partial charge is 0.493 e. The maximum absolute atomic E-state index is 13.2. The SMILES string of the molecule is COc1cc(CNc2cc(Cl)cc(Cl)c2)c(Br)cc1OCc1ccc(F)cc1Cl. The van der Waals surface area contributed by atoms with Crippen molar-refractivity contribution >= 4 is 56.4 Å². The van der Waals surface area contributed by atoms with Gasteiger partial charge in [-0.15, -0.1) is 0 Å². The first kappa shape index (κ1) is 22.0. The van der Waals surface area contributed by atoms with Gasteiger partial charge < -0.3 is 14.8 Å². The highest BCUT2D eigenvalue weighted by molar-refractivity contribution is 9.10. The van der Waals surface area contributed by atoms with Gasteiger partial charge in [-0.2, -0.15) is 0 Å². The molecular formula is C21H16BrCl3FNO2. The van der Waals surface area contributed by atoms with Crippen molar-refractivity contribution in [1.29, 1.82) is 0 Å². The van der Waals surface area contributed by atoms with Gasteiger partial charge in [-0.05, 0) is 48.0 Å². The van der Waals surface area contributed by atoms with Crippen LogP contribution in [0.25, 0.3) is 0 Å². The first-order valence-corrected chi connectivity index (χ1v) is 10.4. The molecule has 0 radical (unpaired) electrons. The molecule has 0 bridgehead atoms. The van der Waals surface area contributed by atoms with Crippen LogP contribution in [0.15, 0.2) is 53.0 Å². The molecule has 0 saturated heterocycles. The van der Waals surface area contributed by atoms with Crippen LogP contribution in [-0.2, 0) is 13.2 Å². The van der Waals surface area contributed by atoms with Crippen molar-refractivity contribution in [2.75, 3.05) is 12.4 Å². The van der Waals surface area contributed by atoms with Crippen molar-refractivity contribution in [1.82, 2.24) is 0 Å². The van der Waals surface area contributed by atoms with Crippen LogP contribution in [-0.4, -0.2) is 7.11 Å². The van der Waals surface area contributed by atoms with E-state index in [1.807, 2.05) is 12.1 Å². The highest BCUT2D eigenvalue weighted by Gasteiger charge is 2.12. The maximum Gasteiger partial charge on any atom is 0.162 e. The second-order valence-corrected chi connectivity index (χ2v) is 8.26. The molecule has 29 heavy (non-hydrogen) atoms. The summed E-state index contributed by atoms with van der Waals surface area (Å²) in [5.41, 5.74) is 2.43. The van der Waals surface area contributed by atoms with E-state index >= 15 is 0 Å². The minimum Gasteiger partial charge on any atom is -0.493 e. The van der Waals surface area contributed by atoms with Gasteiger partial charge in [-0.3, -0.25) is 0 Å². The second-order valence-electron chi connectivity index (χ2n) is 6.13. The number of hydrogen-bond acceptors (Lipinski definition) is 3. The van der Waals surface area contributed by atoms with Crippen molar-refractivity contribution in [3.8, 4) is 11.5 Å². The summed E-state index contributed by atoms with van der Waals surface area (Å²) in [4.78, 5) is 0. The van der Waals surface area contributed by atoms with Crippen molar-refractivity contribution in [2.45, 2.75) is 13.2 Å². The molecule has 0 amide bonds. The number of hydrogen-bond donors (Lipinski definition) is 1. The van der Waals surface area contributed by atoms with Crippen LogP contribution in [0.4, 0.5) is 10.1 Å². The standard InChI is InChI=1S/C21H16BrCl3FNO2/c1-28-20-4-13(10-27-17-6-14(23)5-15(24)7-17)18(22)9-21(20)29-11-12-2-3-16(26)8-19(12)25/h2-9,27H,10-11H2,1H3. The lowest BCUT2D eigenvalue weighted by atomic mass is 10.2. The van der Waals surface area contributed by atoms with E-state index in [4.69, 9.17) is 44.3 Å². The topological polar surface area (TPSA) is 30.5 Å². The zero-order valence-corrected chi connectivity index (χ0v) is 19.1. The summed E-state index contributed by atoms with van der Waals surface area (Å²) in [6, 6.07) is 13.1. The predicted molar refractivity (Wildman–Crippen MR) is 120 cm³/mol. The molecule has 8 heteroatoms. The van der Waals surface area contributed by atoms with Crippen LogP contribution >= 0.6 is 50.7 Å². The molecule has 3 rings (SSSR count). The highest BCUT2D eigenvalue weighted by Crippen LogP contribution is 2.35. The Labute approximate surface area is 191 Å². The molecule has 0 aliphatic rings. The molecule has 152 valence electrons. The smallest absolute Gasteiger partial charge is 0.162 e. The number of methoxy groups -OCH3 is 1. The van der Waals surface area contributed by atoms with Crippen molar-refractivity contribution in [2.24, 2.45) is 0 Å².